The number of aromatic nitrogens is 1. The van der Waals surface area contributed by atoms with E-state index in [2.05, 4.69) is 10.3 Å². The Labute approximate surface area is 133 Å². The molecule has 3 nitrogen and oxygen atoms in total. The van der Waals surface area contributed by atoms with Gasteiger partial charge >= 0.3 is 0 Å². The average Bonchev–Trinajstić information content (AvgIpc) is 2.43. The summed E-state index contributed by atoms with van der Waals surface area (Å²) >= 11 is 12.0. The van der Waals surface area contributed by atoms with Crippen molar-refractivity contribution in [3.63, 3.8) is 0 Å². The van der Waals surface area contributed by atoms with Crippen molar-refractivity contribution in [1.82, 2.24) is 4.98 Å². The van der Waals surface area contributed by atoms with Crippen LogP contribution in [0.15, 0.2) is 41.4 Å². The van der Waals surface area contributed by atoms with Crippen molar-refractivity contribution < 1.29 is 13.6 Å². The minimum atomic E-state index is -2.48. The summed E-state index contributed by atoms with van der Waals surface area (Å²) in [6, 6.07) is 7.39. The average molecular weight is 349 g/mol. The Bertz CT molecular complexity index is 653. The first-order valence-electron chi connectivity index (χ1n) is 5.63. The molecule has 0 unspecified atom stereocenters. The van der Waals surface area contributed by atoms with Crippen molar-refractivity contribution in [2.75, 3.05) is 5.32 Å². The lowest BCUT2D eigenvalue weighted by atomic mass is 10.2. The molecule has 0 aliphatic carbocycles. The molecule has 1 N–H and O–H groups in total. The molecule has 0 fully saturated rings. The van der Waals surface area contributed by atoms with Crippen molar-refractivity contribution in [3.05, 3.63) is 52.3 Å². The lowest BCUT2D eigenvalue weighted by Gasteiger charge is -2.07. The van der Waals surface area contributed by atoms with Crippen molar-refractivity contribution >= 4 is 46.6 Å². The SMILES string of the molecule is O=C(Nc1ccc(SC(F)F)cc1)c1cc(Cl)ncc1Cl. The summed E-state index contributed by atoms with van der Waals surface area (Å²) in [4.78, 5) is 16.2. The van der Waals surface area contributed by atoms with E-state index in [-0.39, 0.29) is 15.7 Å². The van der Waals surface area contributed by atoms with E-state index in [9.17, 15) is 13.6 Å². The number of rotatable bonds is 4. The molecule has 0 aliphatic heterocycles. The molecule has 1 amide bonds. The molecule has 21 heavy (non-hydrogen) atoms. The van der Waals surface area contributed by atoms with Crippen LogP contribution in [0, 0.1) is 0 Å². The highest BCUT2D eigenvalue weighted by Gasteiger charge is 2.12. The lowest BCUT2D eigenvalue weighted by molar-refractivity contribution is 0.102. The number of thioether (sulfide) groups is 1. The van der Waals surface area contributed by atoms with Gasteiger partial charge in [0.05, 0.1) is 10.6 Å². The van der Waals surface area contributed by atoms with E-state index in [1.807, 2.05) is 0 Å². The zero-order valence-corrected chi connectivity index (χ0v) is 12.6. The zero-order chi connectivity index (χ0) is 15.4. The van der Waals surface area contributed by atoms with Crippen LogP contribution in [0.3, 0.4) is 0 Å². The minimum Gasteiger partial charge on any atom is -0.322 e. The van der Waals surface area contributed by atoms with Crippen LogP contribution in [0.2, 0.25) is 10.2 Å². The number of carbonyl (C=O) groups excluding carboxylic acids is 1. The van der Waals surface area contributed by atoms with Gasteiger partial charge in [0.1, 0.15) is 5.15 Å². The molecule has 1 aromatic heterocycles. The fraction of sp³-hybridized carbons (Fsp3) is 0.0769. The van der Waals surface area contributed by atoms with Crippen molar-refractivity contribution in [1.29, 1.82) is 0 Å². The predicted molar refractivity (Wildman–Crippen MR) is 80.5 cm³/mol. The summed E-state index contributed by atoms with van der Waals surface area (Å²) in [5.74, 6) is -2.94. The van der Waals surface area contributed by atoms with E-state index in [0.717, 1.165) is 0 Å². The lowest BCUT2D eigenvalue weighted by Crippen LogP contribution is -2.12. The van der Waals surface area contributed by atoms with Gasteiger partial charge in [0.2, 0.25) is 0 Å². The molecule has 0 saturated heterocycles. The maximum absolute atomic E-state index is 12.2. The molecule has 1 aromatic carbocycles. The van der Waals surface area contributed by atoms with Gasteiger partial charge in [-0.3, -0.25) is 4.79 Å². The molecule has 110 valence electrons. The van der Waals surface area contributed by atoms with Gasteiger partial charge in [-0.1, -0.05) is 35.0 Å². The van der Waals surface area contributed by atoms with Gasteiger partial charge in [0.15, 0.2) is 0 Å². The topological polar surface area (TPSA) is 42.0 Å². The van der Waals surface area contributed by atoms with Crippen LogP contribution in [0.5, 0.6) is 0 Å². The maximum Gasteiger partial charge on any atom is 0.288 e. The Morgan fingerprint density at radius 1 is 1.24 bits per heavy atom. The number of benzene rings is 1. The second-order valence-electron chi connectivity index (χ2n) is 3.84. The van der Waals surface area contributed by atoms with Crippen molar-refractivity contribution in [2.24, 2.45) is 0 Å². The number of nitrogens with zero attached hydrogens (tertiary/aromatic N) is 1. The fourth-order valence-electron chi connectivity index (χ4n) is 1.51. The van der Waals surface area contributed by atoms with E-state index in [1.54, 1.807) is 0 Å². The number of alkyl halides is 2. The fourth-order valence-corrected chi connectivity index (χ4v) is 2.35. The van der Waals surface area contributed by atoms with E-state index >= 15 is 0 Å². The first kappa shape index (κ1) is 16.0. The van der Waals surface area contributed by atoms with Gasteiger partial charge < -0.3 is 5.32 Å². The number of hydrogen-bond acceptors (Lipinski definition) is 3. The minimum absolute atomic E-state index is 0.147. The second-order valence-corrected chi connectivity index (χ2v) is 5.70. The van der Waals surface area contributed by atoms with Crippen molar-refractivity contribution in [2.45, 2.75) is 10.7 Å². The third kappa shape index (κ3) is 4.56. The Hall–Kier alpha value is -1.37. The molecular formula is C13H8Cl2F2N2OS. The number of amides is 1. The largest absolute Gasteiger partial charge is 0.322 e. The number of hydrogen-bond donors (Lipinski definition) is 1. The smallest absolute Gasteiger partial charge is 0.288 e. The van der Waals surface area contributed by atoms with Crippen LogP contribution in [0.1, 0.15) is 10.4 Å². The molecule has 2 aromatic rings. The quantitative estimate of drug-likeness (QED) is 0.627. The summed E-state index contributed by atoms with van der Waals surface area (Å²) in [7, 11) is 0. The third-order valence-electron chi connectivity index (χ3n) is 2.40. The van der Waals surface area contributed by atoms with Crippen molar-refractivity contribution in [3.8, 4) is 0 Å². The summed E-state index contributed by atoms with van der Waals surface area (Å²) in [6.07, 6.45) is 1.28. The molecule has 0 atom stereocenters. The Morgan fingerprint density at radius 2 is 1.90 bits per heavy atom. The molecule has 8 heteroatoms. The number of pyridine rings is 1. The van der Waals surface area contributed by atoms with Gasteiger partial charge in [-0.05, 0) is 30.3 Å². The third-order valence-corrected chi connectivity index (χ3v) is 3.63. The van der Waals surface area contributed by atoms with Crippen LogP contribution < -0.4 is 5.32 Å². The van der Waals surface area contributed by atoms with Crippen LogP contribution in [0.4, 0.5) is 14.5 Å². The molecule has 2 rings (SSSR count). The van der Waals surface area contributed by atoms with E-state index in [4.69, 9.17) is 23.2 Å². The monoisotopic (exact) mass is 348 g/mol. The van der Waals surface area contributed by atoms with Gasteiger partial charge in [0, 0.05) is 16.8 Å². The maximum atomic E-state index is 12.2. The van der Waals surface area contributed by atoms with Crippen LogP contribution in [-0.4, -0.2) is 16.6 Å². The summed E-state index contributed by atoms with van der Waals surface area (Å²) in [5.41, 5.74) is 0.644. The van der Waals surface area contributed by atoms with Gasteiger partial charge in [-0.15, -0.1) is 0 Å². The predicted octanol–water partition coefficient (Wildman–Crippen LogP) is 4.96. The molecular weight excluding hydrogens is 341 g/mol. The summed E-state index contributed by atoms with van der Waals surface area (Å²) in [5, 5.41) is 2.92. The highest BCUT2D eigenvalue weighted by Crippen LogP contribution is 2.26. The number of carbonyl (C=O) groups is 1. The number of anilines is 1. The van der Waals surface area contributed by atoms with Crippen LogP contribution in [0.25, 0.3) is 0 Å². The summed E-state index contributed by atoms with van der Waals surface area (Å²) in [6.45, 7) is 0. The molecule has 0 saturated carbocycles. The first-order chi connectivity index (χ1) is 9.95. The van der Waals surface area contributed by atoms with Gasteiger partial charge in [-0.2, -0.15) is 8.78 Å². The molecule has 0 bridgehead atoms. The van der Waals surface area contributed by atoms with Gasteiger partial charge in [-0.25, -0.2) is 4.98 Å². The molecule has 1 heterocycles. The highest BCUT2D eigenvalue weighted by atomic mass is 35.5. The highest BCUT2D eigenvalue weighted by molar-refractivity contribution is 7.99. The van der Waals surface area contributed by atoms with E-state index in [0.29, 0.717) is 22.3 Å². The van der Waals surface area contributed by atoms with E-state index < -0.39 is 11.7 Å². The Balaban J connectivity index is 2.10. The standard InChI is InChI=1S/C13H8Cl2F2N2OS/c14-10-6-18-11(15)5-9(10)12(20)19-7-1-3-8(4-2-7)21-13(16)17/h1-6,13H,(H,19,20). The van der Waals surface area contributed by atoms with Crippen LogP contribution in [-0.2, 0) is 0 Å². The van der Waals surface area contributed by atoms with Gasteiger partial charge in [0.25, 0.3) is 11.7 Å². The first-order valence-corrected chi connectivity index (χ1v) is 7.26. The Kier molecular flexibility index (Phi) is 5.39. The molecule has 0 radical (unpaired) electrons. The van der Waals surface area contributed by atoms with Crippen LogP contribution >= 0.6 is 35.0 Å². The second kappa shape index (κ2) is 7.06. The Morgan fingerprint density at radius 3 is 2.52 bits per heavy atom. The van der Waals surface area contributed by atoms with E-state index in [1.165, 1.54) is 36.5 Å². The number of nitrogens with one attached hydrogen (secondary N) is 1. The number of halogens is 4. The normalized spacial score (nSPS) is 10.7. The molecule has 0 aliphatic rings. The molecule has 0 spiro atoms. The zero-order valence-electron chi connectivity index (χ0n) is 10.3. The summed E-state index contributed by atoms with van der Waals surface area (Å²) < 4.78 is 24.4.